The van der Waals surface area contributed by atoms with Crippen molar-refractivity contribution in [2.75, 3.05) is 31.1 Å². The van der Waals surface area contributed by atoms with E-state index in [1.54, 1.807) is 17.8 Å². The second kappa shape index (κ2) is 6.80. The standard InChI is InChI=1S/C16H20N6OS/c23-15(14-11-24-20-19-14)22-9-4-13(10-22)12-2-7-21(8-3-12)16-17-5-1-6-18-16/h1,5-6,11-13H,2-4,7-10H2/t13-/m1/s1. The third kappa shape index (κ3) is 3.10. The molecule has 0 N–H and O–H groups in total. The van der Waals surface area contributed by atoms with Crippen molar-refractivity contribution < 1.29 is 4.79 Å². The average molecular weight is 344 g/mol. The van der Waals surface area contributed by atoms with Gasteiger partial charge in [0.25, 0.3) is 5.91 Å². The lowest BCUT2D eigenvalue weighted by Crippen LogP contribution is -2.38. The molecular weight excluding hydrogens is 324 g/mol. The Hall–Kier alpha value is -2.09. The van der Waals surface area contributed by atoms with E-state index >= 15 is 0 Å². The summed E-state index contributed by atoms with van der Waals surface area (Å²) in [5, 5.41) is 5.63. The van der Waals surface area contributed by atoms with Crippen LogP contribution in [0.3, 0.4) is 0 Å². The fourth-order valence-electron chi connectivity index (χ4n) is 3.80. The van der Waals surface area contributed by atoms with E-state index in [0.29, 0.717) is 17.5 Å². The summed E-state index contributed by atoms with van der Waals surface area (Å²) in [4.78, 5) is 25.3. The van der Waals surface area contributed by atoms with Gasteiger partial charge in [-0.25, -0.2) is 9.97 Å². The molecule has 4 rings (SSSR count). The molecule has 0 saturated carbocycles. The lowest BCUT2D eigenvalue weighted by atomic mass is 9.84. The molecule has 2 aliphatic heterocycles. The number of hydrogen-bond acceptors (Lipinski definition) is 7. The first kappa shape index (κ1) is 15.4. The zero-order valence-electron chi connectivity index (χ0n) is 13.4. The lowest BCUT2D eigenvalue weighted by Gasteiger charge is -2.34. The van der Waals surface area contributed by atoms with E-state index in [0.717, 1.165) is 51.4 Å². The Morgan fingerprint density at radius 3 is 2.54 bits per heavy atom. The summed E-state index contributed by atoms with van der Waals surface area (Å²) in [6, 6.07) is 1.85. The van der Waals surface area contributed by atoms with Gasteiger partial charge in [0.15, 0.2) is 5.69 Å². The first-order valence-corrected chi connectivity index (χ1v) is 9.23. The molecule has 1 atom stereocenters. The van der Waals surface area contributed by atoms with Crippen LogP contribution in [0.2, 0.25) is 0 Å². The molecule has 4 heterocycles. The summed E-state index contributed by atoms with van der Waals surface area (Å²) in [7, 11) is 0. The summed E-state index contributed by atoms with van der Waals surface area (Å²) < 4.78 is 3.79. The molecule has 24 heavy (non-hydrogen) atoms. The van der Waals surface area contributed by atoms with E-state index in [9.17, 15) is 4.79 Å². The molecule has 2 aliphatic rings. The normalized spacial score (nSPS) is 22.1. The fourth-order valence-corrected chi connectivity index (χ4v) is 4.23. The molecule has 0 spiro atoms. The fraction of sp³-hybridized carbons (Fsp3) is 0.562. The van der Waals surface area contributed by atoms with Crippen molar-refractivity contribution in [1.29, 1.82) is 0 Å². The van der Waals surface area contributed by atoms with Gasteiger partial charge in [0.05, 0.1) is 0 Å². The van der Waals surface area contributed by atoms with Crippen LogP contribution in [-0.2, 0) is 0 Å². The van der Waals surface area contributed by atoms with Crippen LogP contribution in [0.1, 0.15) is 29.8 Å². The largest absolute Gasteiger partial charge is 0.341 e. The van der Waals surface area contributed by atoms with Crippen molar-refractivity contribution >= 4 is 23.4 Å². The Morgan fingerprint density at radius 1 is 1.08 bits per heavy atom. The Balaban J connectivity index is 1.31. The molecule has 2 fully saturated rings. The molecule has 0 unspecified atom stereocenters. The zero-order chi connectivity index (χ0) is 16.4. The highest BCUT2D eigenvalue weighted by Crippen LogP contribution is 2.33. The van der Waals surface area contributed by atoms with Crippen molar-refractivity contribution in [2.24, 2.45) is 11.8 Å². The molecule has 0 aromatic carbocycles. The number of piperidine rings is 1. The number of anilines is 1. The number of carbonyl (C=O) groups excluding carboxylic acids is 1. The molecule has 1 amide bonds. The van der Waals surface area contributed by atoms with Crippen molar-refractivity contribution in [3.05, 3.63) is 29.5 Å². The van der Waals surface area contributed by atoms with Gasteiger partial charge in [-0.3, -0.25) is 4.79 Å². The van der Waals surface area contributed by atoms with E-state index in [1.165, 1.54) is 11.5 Å². The van der Waals surface area contributed by atoms with Gasteiger partial charge >= 0.3 is 0 Å². The first-order chi connectivity index (χ1) is 11.8. The topological polar surface area (TPSA) is 75.1 Å². The summed E-state index contributed by atoms with van der Waals surface area (Å²) in [5.41, 5.74) is 0.483. The minimum Gasteiger partial charge on any atom is -0.341 e. The maximum Gasteiger partial charge on any atom is 0.275 e. The van der Waals surface area contributed by atoms with E-state index in [-0.39, 0.29) is 5.91 Å². The maximum atomic E-state index is 12.4. The lowest BCUT2D eigenvalue weighted by molar-refractivity contribution is 0.0775. The number of rotatable bonds is 3. The van der Waals surface area contributed by atoms with Crippen molar-refractivity contribution in [3.63, 3.8) is 0 Å². The molecule has 2 saturated heterocycles. The van der Waals surface area contributed by atoms with Crippen LogP contribution in [0.4, 0.5) is 5.95 Å². The predicted molar refractivity (Wildman–Crippen MR) is 90.9 cm³/mol. The molecular formula is C16H20N6OS. The summed E-state index contributed by atoms with van der Waals surface area (Å²) >= 11 is 1.23. The van der Waals surface area contributed by atoms with Crippen LogP contribution >= 0.6 is 11.5 Å². The highest BCUT2D eigenvalue weighted by atomic mass is 32.1. The summed E-state index contributed by atoms with van der Waals surface area (Å²) in [5.74, 6) is 2.13. The summed E-state index contributed by atoms with van der Waals surface area (Å²) in [6.45, 7) is 3.68. The van der Waals surface area contributed by atoms with Crippen molar-refractivity contribution in [1.82, 2.24) is 24.5 Å². The number of nitrogens with zero attached hydrogens (tertiary/aromatic N) is 6. The van der Waals surface area contributed by atoms with Gasteiger partial charge in [-0.05, 0) is 48.7 Å². The van der Waals surface area contributed by atoms with Gasteiger partial charge in [0.2, 0.25) is 5.95 Å². The van der Waals surface area contributed by atoms with Crippen LogP contribution in [0.25, 0.3) is 0 Å². The monoisotopic (exact) mass is 344 g/mol. The maximum absolute atomic E-state index is 12.4. The SMILES string of the molecule is O=C(c1csnn1)N1CC[C@@H](C2CCN(c3ncccn3)CC2)C1. The molecule has 2 aromatic heterocycles. The first-order valence-electron chi connectivity index (χ1n) is 8.39. The van der Waals surface area contributed by atoms with Crippen molar-refractivity contribution in [2.45, 2.75) is 19.3 Å². The highest BCUT2D eigenvalue weighted by molar-refractivity contribution is 7.03. The molecule has 126 valence electrons. The number of aromatic nitrogens is 4. The molecule has 2 aromatic rings. The Labute approximate surface area is 144 Å². The number of likely N-dealkylation sites (tertiary alicyclic amines) is 1. The smallest absolute Gasteiger partial charge is 0.275 e. The van der Waals surface area contributed by atoms with Gasteiger partial charge in [0, 0.05) is 44.0 Å². The molecule has 0 radical (unpaired) electrons. The van der Waals surface area contributed by atoms with Gasteiger partial charge in [0.1, 0.15) is 0 Å². The Bertz CT molecular complexity index is 671. The number of hydrogen-bond donors (Lipinski definition) is 0. The van der Waals surface area contributed by atoms with Crippen molar-refractivity contribution in [3.8, 4) is 0 Å². The van der Waals surface area contributed by atoms with Gasteiger partial charge in [-0.2, -0.15) is 0 Å². The highest BCUT2D eigenvalue weighted by Gasteiger charge is 2.34. The number of carbonyl (C=O) groups is 1. The third-order valence-corrected chi connectivity index (χ3v) is 5.64. The predicted octanol–water partition coefficient (Wildman–Crippen LogP) is 1.71. The zero-order valence-corrected chi connectivity index (χ0v) is 14.2. The Kier molecular flexibility index (Phi) is 4.38. The molecule has 0 aliphatic carbocycles. The second-order valence-corrected chi connectivity index (χ2v) is 7.07. The van der Waals surface area contributed by atoms with Crippen LogP contribution in [0.15, 0.2) is 23.8 Å². The van der Waals surface area contributed by atoms with E-state index in [1.807, 2.05) is 11.0 Å². The average Bonchev–Trinajstić information content (AvgIpc) is 3.34. The third-order valence-electron chi connectivity index (χ3n) is 5.13. The Morgan fingerprint density at radius 2 is 1.83 bits per heavy atom. The van der Waals surface area contributed by atoms with Crippen LogP contribution in [0.5, 0.6) is 0 Å². The second-order valence-electron chi connectivity index (χ2n) is 6.46. The van der Waals surface area contributed by atoms with Gasteiger partial charge in [-0.15, -0.1) is 5.10 Å². The van der Waals surface area contributed by atoms with E-state index < -0.39 is 0 Å². The van der Waals surface area contributed by atoms with Gasteiger partial charge in [-0.1, -0.05) is 4.49 Å². The molecule has 7 nitrogen and oxygen atoms in total. The summed E-state index contributed by atoms with van der Waals surface area (Å²) in [6.07, 6.45) is 6.96. The minimum atomic E-state index is 0.0290. The quantitative estimate of drug-likeness (QED) is 0.844. The van der Waals surface area contributed by atoms with Crippen LogP contribution in [-0.4, -0.2) is 56.5 Å². The van der Waals surface area contributed by atoms with Crippen LogP contribution < -0.4 is 4.90 Å². The molecule has 8 heteroatoms. The van der Waals surface area contributed by atoms with E-state index in [4.69, 9.17) is 0 Å². The minimum absolute atomic E-state index is 0.0290. The molecule has 0 bridgehead atoms. The van der Waals surface area contributed by atoms with E-state index in [2.05, 4.69) is 24.5 Å². The van der Waals surface area contributed by atoms with Gasteiger partial charge < -0.3 is 9.80 Å². The number of amides is 1. The van der Waals surface area contributed by atoms with Crippen LogP contribution in [0, 0.1) is 11.8 Å².